The van der Waals surface area contributed by atoms with Gasteiger partial charge in [0.1, 0.15) is 0 Å². The number of rotatable bonds is 5. The summed E-state index contributed by atoms with van der Waals surface area (Å²) in [5.74, 6) is -1.16. The van der Waals surface area contributed by atoms with Crippen molar-refractivity contribution < 1.29 is 19.1 Å². The number of carbonyl (C=O) groups is 2. The first-order chi connectivity index (χ1) is 6.52. The summed E-state index contributed by atoms with van der Waals surface area (Å²) in [6.45, 7) is 5.04. The molecule has 0 unspecified atom stereocenters. The normalized spacial score (nSPS) is 10.5. The molecule has 14 heavy (non-hydrogen) atoms. The van der Waals surface area contributed by atoms with Crippen LogP contribution in [0.4, 0.5) is 0 Å². The van der Waals surface area contributed by atoms with Gasteiger partial charge in [0.05, 0.1) is 14.2 Å². The second-order valence-corrected chi connectivity index (χ2v) is 3.14. The predicted octanol–water partition coefficient (Wildman–Crippen LogP) is 1.30. The Labute approximate surface area is 83.9 Å². The van der Waals surface area contributed by atoms with Crippen molar-refractivity contribution in [2.45, 2.75) is 19.8 Å². The molecule has 0 amide bonds. The number of allylic oxidation sites excluding steroid dienone is 1. The van der Waals surface area contributed by atoms with E-state index in [0.717, 1.165) is 0 Å². The van der Waals surface area contributed by atoms with E-state index in [9.17, 15) is 9.59 Å². The zero-order chi connectivity index (χ0) is 11.2. The highest BCUT2D eigenvalue weighted by Crippen LogP contribution is 2.26. The van der Waals surface area contributed by atoms with Gasteiger partial charge in [-0.05, 0) is 19.8 Å². The fraction of sp³-hybridized carbons (Fsp3) is 0.600. The maximum atomic E-state index is 11.4. The molecule has 0 fully saturated rings. The van der Waals surface area contributed by atoms with E-state index in [1.807, 2.05) is 0 Å². The van der Waals surface area contributed by atoms with Crippen molar-refractivity contribution >= 4 is 11.9 Å². The van der Waals surface area contributed by atoms with Crippen LogP contribution < -0.4 is 0 Å². The Balaban J connectivity index is 4.73. The molecule has 0 spiro atoms. The maximum Gasteiger partial charge on any atom is 0.322 e. The molecule has 0 rings (SSSR count). The lowest BCUT2D eigenvalue weighted by atomic mass is 9.85. The summed E-state index contributed by atoms with van der Waals surface area (Å²) >= 11 is 0. The summed E-state index contributed by atoms with van der Waals surface area (Å²) in [5.41, 5.74) is -1.22. The van der Waals surface area contributed by atoms with Crippen molar-refractivity contribution in [3.8, 4) is 0 Å². The van der Waals surface area contributed by atoms with Crippen LogP contribution in [0.25, 0.3) is 0 Å². The monoisotopic (exact) mass is 200 g/mol. The van der Waals surface area contributed by atoms with Crippen LogP contribution in [0, 0.1) is 5.41 Å². The van der Waals surface area contributed by atoms with Crippen LogP contribution in [0.3, 0.4) is 0 Å². The number of ether oxygens (including phenoxy) is 2. The van der Waals surface area contributed by atoms with Crippen LogP contribution in [0.1, 0.15) is 19.8 Å². The van der Waals surface area contributed by atoms with Crippen molar-refractivity contribution in [1.29, 1.82) is 0 Å². The number of esters is 2. The molecule has 0 aliphatic carbocycles. The van der Waals surface area contributed by atoms with Gasteiger partial charge in [0.15, 0.2) is 5.41 Å². The number of hydrogen-bond acceptors (Lipinski definition) is 4. The first-order valence-corrected chi connectivity index (χ1v) is 4.30. The van der Waals surface area contributed by atoms with E-state index in [0.29, 0.717) is 12.8 Å². The fourth-order valence-electron chi connectivity index (χ4n) is 1.13. The molecular formula is C10H16O4. The van der Waals surface area contributed by atoms with Gasteiger partial charge in [-0.15, -0.1) is 6.58 Å². The van der Waals surface area contributed by atoms with E-state index in [2.05, 4.69) is 16.1 Å². The van der Waals surface area contributed by atoms with Crippen molar-refractivity contribution in [2.24, 2.45) is 5.41 Å². The molecule has 0 atom stereocenters. The Kier molecular flexibility index (Phi) is 4.91. The smallest absolute Gasteiger partial charge is 0.322 e. The van der Waals surface area contributed by atoms with Gasteiger partial charge in [0.25, 0.3) is 0 Å². The number of hydrogen-bond donors (Lipinski definition) is 0. The Bertz CT molecular complexity index is 216. The topological polar surface area (TPSA) is 52.6 Å². The number of methoxy groups -OCH3 is 2. The molecular weight excluding hydrogens is 184 g/mol. The lowest BCUT2D eigenvalue weighted by Gasteiger charge is -2.22. The second-order valence-electron chi connectivity index (χ2n) is 3.14. The molecule has 80 valence electrons. The molecule has 0 radical (unpaired) electrons. The molecule has 0 aromatic rings. The van der Waals surface area contributed by atoms with Gasteiger partial charge >= 0.3 is 11.9 Å². The van der Waals surface area contributed by atoms with Crippen molar-refractivity contribution in [2.75, 3.05) is 14.2 Å². The third kappa shape index (κ3) is 2.58. The van der Waals surface area contributed by atoms with Crippen molar-refractivity contribution in [1.82, 2.24) is 0 Å². The largest absolute Gasteiger partial charge is 0.468 e. The van der Waals surface area contributed by atoms with Gasteiger partial charge in [-0.3, -0.25) is 9.59 Å². The summed E-state index contributed by atoms with van der Waals surface area (Å²) in [6, 6.07) is 0. The summed E-state index contributed by atoms with van der Waals surface area (Å²) in [5, 5.41) is 0. The van der Waals surface area contributed by atoms with Crippen LogP contribution in [-0.4, -0.2) is 26.2 Å². The highest BCUT2D eigenvalue weighted by Gasteiger charge is 2.42. The van der Waals surface area contributed by atoms with E-state index in [1.165, 1.54) is 21.1 Å². The summed E-state index contributed by atoms with van der Waals surface area (Å²) < 4.78 is 9.12. The minimum Gasteiger partial charge on any atom is -0.468 e. The van der Waals surface area contributed by atoms with Gasteiger partial charge in [0, 0.05) is 0 Å². The third-order valence-corrected chi connectivity index (χ3v) is 2.12. The molecule has 0 heterocycles. The van der Waals surface area contributed by atoms with Gasteiger partial charge in [0.2, 0.25) is 0 Å². The highest BCUT2D eigenvalue weighted by molar-refractivity contribution is 5.99. The van der Waals surface area contributed by atoms with E-state index in [-0.39, 0.29) is 0 Å². The summed E-state index contributed by atoms with van der Waals surface area (Å²) in [6.07, 6.45) is 2.54. The molecule has 0 saturated carbocycles. The first-order valence-electron chi connectivity index (χ1n) is 4.30. The van der Waals surface area contributed by atoms with Crippen LogP contribution in [0.15, 0.2) is 12.7 Å². The van der Waals surface area contributed by atoms with Gasteiger partial charge in [-0.25, -0.2) is 0 Å². The average Bonchev–Trinajstić information content (AvgIpc) is 2.23. The zero-order valence-electron chi connectivity index (χ0n) is 8.83. The van der Waals surface area contributed by atoms with Crippen molar-refractivity contribution in [3.63, 3.8) is 0 Å². The summed E-state index contributed by atoms with van der Waals surface area (Å²) in [4.78, 5) is 22.8. The molecule has 4 heteroatoms. The van der Waals surface area contributed by atoms with Gasteiger partial charge in [-0.2, -0.15) is 0 Å². The lowest BCUT2D eigenvalue weighted by Crippen LogP contribution is -2.38. The second kappa shape index (κ2) is 5.42. The van der Waals surface area contributed by atoms with E-state index >= 15 is 0 Å². The molecule has 4 nitrogen and oxygen atoms in total. The molecule has 0 saturated heterocycles. The Hall–Kier alpha value is -1.32. The van der Waals surface area contributed by atoms with Gasteiger partial charge < -0.3 is 9.47 Å². The van der Waals surface area contributed by atoms with Gasteiger partial charge in [-0.1, -0.05) is 6.08 Å². The van der Waals surface area contributed by atoms with Crippen LogP contribution in [0.2, 0.25) is 0 Å². The molecule has 0 N–H and O–H groups in total. The highest BCUT2D eigenvalue weighted by atomic mass is 16.5. The van der Waals surface area contributed by atoms with E-state index in [1.54, 1.807) is 6.08 Å². The molecule has 0 aliphatic rings. The molecule has 0 aliphatic heterocycles. The Morgan fingerprint density at radius 3 is 2.00 bits per heavy atom. The Morgan fingerprint density at radius 2 is 1.71 bits per heavy atom. The SMILES string of the molecule is C=CCCC(C)(C(=O)OC)C(=O)OC. The quantitative estimate of drug-likeness (QED) is 0.381. The number of carbonyl (C=O) groups excluding carboxylic acids is 2. The van der Waals surface area contributed by atoms with Crippen LogP contribution in [-0.2, 0) is 19.1 Å². The minimum atomic E-state index is -1.22. The van der Waals surface area contributed by atoms with Crippen LogP contribution >= 0.6 is 0 Å². The maximum absolute atomic E-state index is 11.4. The van der Waals surface area contributed by atoms with E-state index in [4.69, 9.17) is 0 Å². The molecule has 0 aromatic heterocycles. The zero-order valence-corrected chi connectivity index (χ0v) is 8.83. The van der Waals surface area contributed by atoms with Crippen LogP contribution in [0.5, 0.6) is 0 Å². The minimum absolute atomic E-state index is 0.343. The average molecular weight is 200 g/mol. The first kappa shape index (κ1) is 12.7. The standard InChI is InChI=1S/C10H16O4/c1-5-6-7-10(2,8(11)13-3)9(12)14-4/h5H,1,6-7H2,2-4H3. The summed E-state index contributed by atoms with van der Waals surface area (Å²) in [7, 11) is 2.49. The third-order valence-electron chi connectivity index (χ3n) is 2.12. The predicted molar refractivity (Wildman–Crippen MR) is 51.6 cm³/mol. The Morgan fingerprint density at radius 1 is 1.29 bits per heavy atom. The molecule has 0 aromatic carbocycles. The van der Waals surface area contributed by atoms with E-state index < -0.39 is 17.4 Å². The van der Waals surface area contributed by atoms with Crippen molar-refractivity contribution in [3.05, 3.63) is 12.7 Å². The molecule has 0 bridgehead atoms. The fourth-order valence-corrected chi connectivity index (χ4v) is 1.13. The lowest BCUT2D eigenvalue weighted by molar-refractivity contribution is -0.168.